The lowest BCUT2D eigenvalue weighted by Crippen LogP contribution is -2.29. The van der Waals surface area contributed by atoms with Crippen LogP contribution < -0.4 is 4.74 Å². The summed E-state index contributed by atoms with van der Waals surface area (Å²) in [4.78, 5) is 11.4. The summed E-state index contributed by atoms with van der Waals surface area (Å²) in [7, 11) is -1.49. The molecule has 2 atom stereocenters. The van der Waals surface area contributed by atoms with Crippen molar-refractivity contribution in [2.45, 2.75) is 18.1 Å². The summed E-state index contributed by atoms with van der Waals surface area (Å²) in [6, 6.07) is 16.4. The van der Waals surface area contributed by atoms with Crippen LogP contribution in [0.5, 0.6) is 5.75 Å². The number of ether oxygens (including phenoxy) is 1. The van der Waals surface area contributed by atoms with Crippen molar-refractivity contribution in [1.29, 1.82) is 0 Å². The molecule has 0 radical (unpaired) electrons. The van der Waals surface area contributed by atoms with Crippen LogP contribution in [-0.2, 0) is 22.0 Å². The molecule has 2 aromatic carbocycles. The van der Waals surface area contributed by atoms with Gasteiger partial charge in [0.2, 0.25) is 0 Å². The number of hydrogen-bond acceptors (Lipinski definition) is 3. The number of aryl methyl sites for hydroxylation is 1. The van der Waals surface area contributed by atoms with Crippen molar-refractivity contribution in [2.75, 3.05) is 12.4 Å². The molecule has 0 aliphatic heterocycles. The van der Waals surface area contributed by atoms with Gasteiger partial charge in [-0.05, 0) is 42.7 Å². The number of hydrogen-bond donors (Lipinski definition) is 1. The van der Waals surface area contributed by atoms with Gasteiger partial charge in [0.25, 0.3) is 0 Å². The Morgan fingerprint density at radius 2 is 1.79 bits per heavy atom. The lowest BCUT2D eigenvalue weighted by atomic mass is 10.1. The largest absolute Gasteiger partial charge is 0.493 e. The van der Waals surface area contributed by atoms with E-state index in [9.17, 15) is 14.1 Å². The smallest absolute Gasteiger partial charge is 0.319 e. The van der Waals surface area contributed by atoms with E-state index in [1.807, 2.05) is 30.3 Å². The van der Waals surface area contributed by atoms with Gasteiger partial charge >= 0.3 is 5.97 Å². The topological polar surface area (TPSA) is 63.6 Å². The Hall–Kier alpha value is -1.85. The van der Waals surface area contributed by atoms with Crippen LogP contribution in [0.2, 0.25) is 5.02 Å². The van der Waals surface area contributed by atoms with Crippen molar-refractivity contribution < 1.29 is 18.8 Å². The van der Waals surface area contributed by atoms with Crippen LogP contribution in [0.1, 0.15) is 12.0 Å². The molecule has 0 saturated heterocycles. The van der Waals surface area contributed by atoms with E-state index in [-0.39, 0.29) is 12.4 Å². The summed E-state index contributed by atoms with van der Waals surface area (Å²) < 4.78 is 17.8. The quantitative estimate of drug-likeness (QED) is 0.737. The van der Waals surface area contributed by atoms with Gasteiger partial charge in [0.1, 0.15) is 11.0 Å². The molecule has 0 bridgehead atoms. The lowest BCUT2D eigenvalue weighted by Gasteiger charge is -2.13. The van der Waals surface area contributed by atoms with Gasteiger partial charge in [-0.2, -0.15) is 0 Å². The SMILES string of the molecule is O=C(O)C(CCc1ccccc1)S(=O)CCOc1ccc(Cl)cc1. The van der Waals surface area contributed by atoms with Gasteiger partial charge in [-0.25, -0.2) is 0 Å². The van der Waals surface area contributed by atoms with E-state index in [2.05, 4.69) is 0 Å². The van der Waals surface area contributed by atoms with Gasteiger partial charge in [-0.3, -0.25) is 9.00 Å². The van der Waals surface area contributed by atoms with E-state index in [0.717, 1.165) is 5.56 Å². The highest BCUT2D eigenvalue weighted by molar-refractivity contribution is 7.86. The lowest BCUT2D eigenvalue weighted by molar-refractivity contribution is -0.136. The van der Waals surface area contributed by atoms with Gasteiger partial charge in [0, 0.05) is 15.8 Å². The zero-order chi connectivity index (χ0) is 17.4. The highest BCUT2D eigenvalue weighted by atomic mass is 35.5. The Balaban J connectivity index is 1.82. The normalized spacial score (nSPS) is 13.2. The van der Waals surface area contributed by atoms with E-state index in [1.54, 1.807) is 24.3 Å². The Bertz CT molecular complexity index is 673. The molecule has 4 nitrogen and oxygen atoms in total. The third-order valence-electron chi connectivity index (χ3n) is 3.50. The second-order valence-corrected chi connectivity index (χ2v) is 7.41. The zero-order valence-corrected chi connectivity index (χ0v) is 14.6. The number of carbonyl (C=O) groups is 1. The molecule has 0 saturated carbocycles. The van der Waals surface area contributed by atoms with Crippen LogP contribution in [0, 0.1) is 0 Å². The second kappa shape index (κ2) is 9.45. The maximum Gasteiger partial charge on any atom is 0.319 e. The van der Waals surface area contributed by atoms with Crippen LogP contribution >= 0.6 is 11.6 Å². The summed E-state index contributed by atoms with van der Waals surface area (Å²) in [5.74, 6) is -0.239. The molecule has 0 amide bonds. The van der Waals surface area contributed by atoms with E-state index in [0.29, 0.717) is 23.6 Å². The number of aliphatic carboxylic acids is 1. The molecule has 0 aromatic heterocycles. The molecule has 2 aromatic rings. The van der Waals surface area contributed by atoms with Crippen molar-refractivity contribution in [3.8, 4) is 5.75 Å². The Morgan fingerprint density at radius 1 is 1.12 bits per heavy atom. The Morgan fingerprint density at radius 3 is 2.42 bits per heavy atom. The summed E-state index contributed by atoms with van der Waals surface area (Å²) >= 11 is 5.79. The number of benzene rings is 2. The standard InChI is InChI=1S/C18H19ClO4S/c19-15-7-9-16(10-8-15)23-12-13-24(22)17(18(20)21)11-6-14-4-2-1-3-5-14/h1-5,7-10,17H,6,11-13H2,(H,20,21). The molecule has 0 aliphatic rings. The van der Waals surface area contributed by atoms with Crippen LogP contribution in [0.15, 0.2) is 54.6 Å². The first kappa shape index (κ1) is 18.5. The molecule has 1 N–H and O–H groups in total. The molecule has 24 heavy (non-hydrogen) atoms. The number of carboxylic acids is 1. The van der Waals surface area contributed by atoms with Crippen molar-refractivity contribution >= 4 is 28.4 Å². The average molecular weight is 367 g/mol. The summed E-state index contributed by atoms with van der Waals surface area (Å²) in [5.41, 5.74) is 1.04. The van der Waals surface area contributed by atoms with E-state index < -0.39 is 22.0 Å². The minimum Gasteiger partial charge on any atom is -0.493 e. The van der Waals surface area contributed by atoms with E-state index >= 15 is 0 Å². The molecule has 0 aliphatic carbocycles. The highest BCUT2D eigenvalue weighted by Crippen LogP contribution is 2.16. The van der Waals surface area contributed by atoms with Crippen molar-refractivity contribution in [1.82, 2.24) is 0 Å². The first-order valence-electron chi connectivity index (χ1n) is 7.58. The van der Waals surface area contributed by atoms with Crippen LogP contribution in [0.3, 0.4) is 0 Å². The third kappa shape index (κ3) is 5.98. The minimum atomic E-state index is -1.49. The molecule has 0 spiro atoms. The number of carboxylic acid groups (broad SMARTS) is 1. The first-order valence-corrected chi connectivity index (χ1v) is 9.34. The molecular weight excluding hydrogens is 348 g/mol. The fourth-order valence-electron chi connectivity index (χ4n) is 2.22. The molecule has 128 valence electrons. The third-order valence-corrected chi connectivity index (χ3v) is 5.39. The van der Waals surface area contributed by atoms with Gasteiger partial charge in [0.15, 0.2) is 0 Å². The predicted octanol–water partition coefficient (Wildman–Crippen LogP) is 3.55. The van der Waals surface area contributed by atoms with E-state index in [4.69, 9.17) is 16.3 Å². The van der Waals surface area contributed by atoms with Crippen molar-refractivity contribution in [3.63, 3.8) is 0 Å². The number of halogens is 1. The Kier molecular flexibility index (Phi) is 7.28. The highest BCUT2D eigenvalue weighted by Gasteiger charge is 2.24. The second-order valence-electron chi connectivity index (χ2n) is 5.24. The van der Waals surface area contributed by atoms with E-state index in [1.165, 1.54) is 0 Å². The molecule has 0 fully saturated rings. The van der Waals surface area contributed by atoms with Crippen LogP contribution in [0.25, 0.3) is 0 Å². The molecule has 2 unspecified atom stereocenters. The van der Waals surface area contributed by atoms with Gasteiger partial charge in [0.05, 0.1) is 12.4 Å². The number of rotatable bonds is 9. The molecule has 2 rings (SSSR count). The average Bonchev–Trinajstić information content (AvgIpc) is 2.57. The van der Waals surface area contributed by atoms with Crippen LogP contribution in [0.4, 0.5) is 0 Å². The first-order chi connectivity index (χ1) is 11.6. The summed E-state index contributed by atoms with van der Waals surface area (Å²) in [5, 5.41) is 9.04. The maximum atomic E-state index is 12.3. The van der Waals surface area contributed by atoms with Gasteiger partial charge < -0.3 is 9.84 Å². The molecular formula is C18H19ClO4S. The minimum absolute atomic E-state index is 0.175. The van der Waals surface area contributed by atoms with Crippen LogP contribution in [-0.4, -0.2) is 32.9 Å². The monoisotopic (exact) mass is 366 g/mol. The Labute approximate surface area is 148 Å². The fraction of sp³-hybridized carbons (Fsp3) is 0.278. The molecule has 6 heteroatoms. The zero-order valence-electron chi connectivity index (χ0n) is 13.1. The fourth-order valence-corrected chi connectivity index (χ4v) is 3.49. The van der Waals surface area contributed by atoms with Crippen molar-refractivity contribution in [2.24, 2.45) is 0 Å². The van der Waals surface area contributed by atoms with Gasteiger partial charge in [-0.1, -0.05) is 41.9 Å². The predicted molar refractivity (Wildman–Crippen MR) is 96.1 cm³/mol. The maximum absolute atomic E-state index is 12.3. The van der Waals surface area contributed by atoms with Crippen molar-refractivity contribution in [3.05, 3.63) is 65.2 Å². The summed E-state index contributed by atoms with van der Waals surface area (Å²) in [6.07, 6.45) is 0.925. The summed E-state index contributed by atoms with van der Waals surface area (Å²) in [6.45, 7) is 0.198. The molecule has 0 heterocycles. The van der Waals surface area contributed by atoms with Gasteiger partial charge in [-0.15, -0.1) is 0 Å².